The van der Waals surface area contributed by atoms with Gasteiger partial charge in [-0.05, 0) is 63.9 Å². The van der Waals surface area contributed by atoms with E-state index in [-0.39, 0.29) is 11.9 Å². The third-order valence-corrected chi connectivity index (χ3v) is 4.70. The molecule has 1 aliphatic rings. The first-order chi connectivity index (χ1) is 14.1. The SMILES string of the molecule is Cc1cc(C)c(-c2ccc(N3CCO[C@H](CNC(=O)OC(C)(C)C)C3)nn2)c(O)c1. The summed E-state index contributed by atoms with van der Waals surface area (Å²) in [6.07, 6.45) is -0.628. The minimum absolute atomic E-state index is 0.170. The predicted molar refractivity (Wildman–Crippen MR) is 115 cm³/mol. The number of carbonyl (C=O) groups excluding carboxylic acids is 1. The Hall–Kier alpha value is -2.87. The van der Waals surface area contributed by atoms with Crippen molar-refractivity contribution in [1.29, 1.82) is 0 Å². The number of carbonyl (C=O) groups is 1. The Balaban J connectivity index is 1.63. The van der Waals surface area contributed by atoms with E-state index in [1.54, 1.807) is 6.07 Å². The van der Waals surface area contributed by atoms with E-state index in [2.05, 4.69) is 20.4 Å². The van der Waals surface area contributed by atoms with Crippen molar-refractivity contribution in [2.75, 3.05) is 31.1 Å². The molecular formula is C22H30N4O4. The molecule has 30 heavy (non-hydrogen) atoms. The molecule has 0 saturated carbocycles. The van der Waals surface area contributed by atoms with Gasteiger partial charge in [-0.15, -0.1) is 10.2 Å². The fraction of sp³-hybridized carbons (Fsp3) is 0.500. The van der Waals surface area contributed by atoms with Crippen LogP contribution in [-0.2, 0) is 9.47 Å². The molecule has 3 rings (SSSR count). The van der Waals surface area contributed by atoms with Gasteiger partial charge < -0.3 is 24.8 Å². The standard InChI is InChI=1S/C22H30N4O4/c1-14-10-15(2)20(18(27)11-14)17-6-7-19(25-24-17)26-8-9-29-16(13-26)12-23-21(28)30-22(3,4)5/h6-7,10-11,16,27H,8-9,12-13H2,1-5H3,(H,23,28)/t16-/m1/s1. The number of hydrogen-bond acceptors (Lipinski definition) is 7. The number of aromatic hydroxyl groups is 1. The van der Waals surface area contributed by atoms with Crippen LogP contribution >= 0.6 is 0 Å². The van der Waals surface area contributed by atoms with Crippen LogP contribution in [0, 0.1) is 13.8 Å². The molecule has 8 nitrogen and oxygen atoms in total. The molecule has 1 aromatic heterocycles. The van der Waals surface area contributed by atoms with Crippen molar-refractivity contribution in [2.24, 2.45) is 0 Å². The number of nitrogens with one attached hydrogen (secondary N) is 1. The Morgan fingerprint density at radius 2 is 2.07 bits per heavy atom. The lowest BCUT2D eigenvalue weighted by Gasteiger charge is -2.33. The third-order valence-electron chi connectivity index (χ3n) is 4.70. The van der Waals surface area contributed by atoms with E-state index in [1.165, 1.54) is 0 Å². The quantitative estimate of drug-likeness (QED) is 0.793. The Morgan fingerprint density at radius 3 is 2.70 bits per heavy atom. The Morgan fingerprint density at radius 1 is 1.30 bits per heavy atom. The molecule has 0 radical (unpaired) electrons. The van der Waals surface area contributed by atoms with E-state index < -0.39 is 11.7 Å². The number of ether oxygens (including phenoxy) is 2. The fourth-order valence-electron chi connectivity index (χ4n) is 3.47. The lowest BCUT2D eigenvalue weighted by atomic mass is 10.0. The average Bonchev–Trinajstić information content (AvgIpc) is 2.65. The molecule has 0 bridgehead atoms. The molecule has 2 heterocycles. The number of morpholine rings is 1. The summed E-state index contributed by atoms with van der Waals surface area (Å²) in [5.74, 6) is 0.933. The van der Waals surface area contributed by atoms with Crippen molar-refractivity contribution in [3.63, 3.8) is 0 Å². The highest BCUT2D eigenvalue weighted by molar-refractivity contribution is 5.71. The number of benzene rings is 1. The van der Waals surface area contributed by atoms with Gasteiger partial charge in [-0.2, -0.15) is 0 Å². The van der Waals surface area contributed by atoms with Gasteiger partial charge in [-0.25, -0.2) is 4.79 Å². The molecule has 8 heteroatoms. The van der Waals surface area contributed by atoms with Gasteiger partial charge in [0.1, 0.15) is 11.4 Å². The van der Waals surface area contributed by atoms with Crippen LogP contribution in [0.15, 0.2) is 24.3 Å². The minimum atomic E-state index is -0.537. The van der Waals surface area contributed by atoms with Crippen LogP contribution in [0.2, 0.25) is 0 Å². The molecule has 1 fully saturated rings. The summed E-state index contributed by atoms with van der Waals surface area (Å²) >= 11 is 0. The molecule has 1 aliphatic heterocycles. The second-order valence-corrected chi connectivity index (χ2v) is 8.57. The summed E-state index contributed by atoms with van der Waals surface area (Å²) in [7, 11) is 0. The highest BCUT2D eigenvalue weighted by atomic mass is 16.6. The summed E-state index contributed by atoms with van der Waals surface area (Å²) in [5.41, 5.74) is 2.74. The highest BCUT2D eigenvalue weighted by Gasteiger charge is 2.24. The van der Waals surface area contributed by atoms with Gasteiger partial charge in [0.25, 0.3) is 0 Å². The van der Waals surface area contributed by atoms with Crippen LogP contribution in [0.5, 0.6) is 5.75 Å². The number of aromatic nitrogens is 2. The predicted octanol–water partition coefficient (Wildman–Crippen LogP) is 3.20. The van der Waals surface area contributed by atoms with Crippen LogP contribution in [-0.4, -0.2) is 59.3 Å². The average molecular weight is 415 g/mol. The number of aryl methyl sites for hydroxylation is 2. The monoisotopic (exact) mass is 414 g/mol. The van der Waals surface area contributed by atoms with Gasteiger partial charge >= 0.3 is 6.09 Å². The van der Waals surface area contributed by atoms with E-state index >= 15 is 0 Å². The second-order valence-electron chi connectivity index (χ2n) is 8.57. The van der Waals surface area contributed by atoms with Crippen LogP contribution in [0.1, 0.15) is 31.9 Å². The molecular weight excluding hydrogens is 384 g/mol. The molecule has 0 aliphatic carbocycles. The van der Waals surface area contributed by atoms with Gasteiger partial charge in [0.05, 0.1) is 18.4 Å². The zero-order valence-corrected chi connectivity index (χ0v) is 18.2. The van der Waals surface area contributed by atoms with Gasteiger partial charge in [0.15, 0.2) is 5.82 Å². The van der Waals surface area contributed by atoms with Crippen molar-refractivity contribution in [2.45, 2.75) is 46.3 Å². The summed E-state index contributed by atoms with van der Waals surface area (Å²) < 4.78 is 11.0. The normalized spacial score (nSPS) is 17.0. The summed E-state index contributed by atoms with van der Waals surface area (Å²) in [5, 5.41) is 21.8. The van der Waals surface area contributed by atoms with Gasteiger partial charge in [-0.3, -0.25) is 0 Å². The summed E-state index contributed by atoms with van der Waals surface area (Å²) in [6, 6.07) is 7.49. The molecule has 2 N–H and O–H groups in total. The number of anilines is 1. The summed E-state index contributed by atoms with van der Waals surface area (Å²) in [6.45, 7) is 11.5. The topological polar surface area (TPSA) is 96.8 Å². The molecule has 1 saturated heterocycles. The van der Waals surface area contributed by atoms with Crippen molar-refractivity contribution < 1.29 is 19.4 Å². The maximum absolute atomic E-state index is 11.9. The fourth-order valence-corrected chi connectivity index (χ4v) is 3.47. The Labute approximate surface area is 177 Å². The van der Waals surface area contributed by atoms with E-state index in [9.17, 15) is 9.90 Å². The van der Waals surface area contributed by atoms with Gasteiger partial charge in [-0.1, -0.05) is 6.07 Å². The largest absolute Gasteiger partial charge is 0.507 e. The number of hydrogen-bond donors (Lipinski definition) is 2. The first kappa shape index (κ1) is 21.8. The molecule has 0 unspecified atom stereocenters. The number of amides is 1. The molecule has 2 aromatic rings. The number of nitrogens with zero attached hydrogens (tertiary/aromatic N) is 3. The second kappa shape index (κ2) is 8.87. The molecule has 1 atom stereocenters. The lowest BCUT2D eigenvalue weighted by molar-refractivity contribution is 0.0281. The lowest BCUT2D eigenvalue weighted by Crippen LogP contribution is -2.48. The molecule has 162 valence electrons. The van der Waals surface area contributed by atoms with Crippen LogP contribution in [0.3, 0.4) is 0 Å². The zero-order valence-electron chi connectivity index (χ0n) is 18.2. The Kier molecular flexibility index (Phi) is 6.45. The van der Waals surface area contributed by atoms with E-state index in [0.717, 1.165) is 16.9 Å². The van der Waals surface area contributed by atoms with Crippen LogP contribution in [0.4, 0.5) is 10.6 Å². The van der Waals surface area contributed by atoms with Crippen molar-refractivity contribution in [3.8, 4) is 17.0 Å². The third kappa shape index (κ3) is 5.60. The minimum Gasteiger partial charge on any atom is -0.507 e. The van der Waals surface area contributed by atoms with Crippen LogP contribution in [0.25, 0.3) is 11.3 Å². The molecule has 1 aromatic carbocycles. The van der Waals surface area contributed by atoms with Crippen molar-refractivity contribution >= 4 is 11.9 Å². The first-order valence-electron chi connectivity index (χ1n) is 10.1. The van der Waals surface area contributed by atoms with E-state index in [1.807, 2.05) is 52.8 Å². The highest BCUT2D eigenvalue weighted by Crippen LogP contribution is 2.32. The Bertz CT molecular complexity index is 870. The van der Waals surface area contributed by atoms with Gasteiger partial charge in [0.2, 0.25) is 0 Å². The van der Waals surface area contributed by atoms with E-state index in [0.29, 0.717) is 37.5 Å². The maximum Gasteiger partial charge on any atom is 0.407 e. The number of rotatable bonds is 4. The number of alkyl carbamates (subject to hydrolysis) is 1. The number of phenolic OH excluding ortho intramolecular Hbond substituents is 1. The van der Waals surface area contributed by atoms with Crippen molar-refractivity contribution in [1.82, 2.24) is 15.5 Å². The summed E-state index contributed by atoms with van der Waals surface area (Å²) in [4.78, 5) is 13.9. The van der Waals surface area contributed by atoms with E-state index in [4.69, 9.17) is 9.47 Å². The van der Waals surface area contributed by atoms with Gasteiger partial charge in [0, 0.05) is 25.2 Å². The smallest absolute Gasteiger partial charge is 0.407 e. The maximum atomic E-state index is 11.9. The first-order valence-corrected chi connectivity index (χ1v) is 10.1. The van der Waals surface area contributed by atoms with Crippen molar-refractivity contribution in [3.05, 3.63) is 35.4 Å². The zero-order chi connectivity index (χ0) is 21.9. The molecule has 0 spiro atoms. The number of phenols is 1. The molecule has 1 amide bonds. The van der Waals surface area contributed by atoms with Crippen LogP contribution < -0.4 is 10.2 Å².